The number of ether oxygens (including phenoxy) is 1. The van der Waals surface area contributed by atoms with Crippen LogP contribution in [0.4, 0.5) is 11.4 Å². The zero-order chi connectivity index (χ0) is 22.7. The number of hydrogen-bond acceptors (Lipinski definition) is 4. The molecule has 3 rings (SSSR count). The number of hydrogen-bond donors (Lipinski definition) is 1. The van der Waals surface area contributed by atoms with E-state index in [2.05, 4.69) is 10.2 Å². The summed E-state index contributed by atoms with van der Waals surface area (Å²) in [5, 5.41) is 3.83. The first kappa shape index (κ1) is 23.5. The van der Waals surface area contributed by atoms with Crippen LogP contribution in [0.2, 0.25) is 15.1 Å². The number of carbonyl (C=O) groups excluding carboxylic acids is 2. The summed E-state index contributed by atoms with van der Waals surface area (Å²) < 4.78 is 5.11. The molecule has 9 heteroatoms. The monoisotopic (exact) mass is 483 g/mol. The smallest absolute Gasteiger partial charge is 0.255 e. The quantitative estimate of drug-likeness (QED) is 0.633. The van der Waals surface area contributed by atoms with Crippen LogP contribution in [0.15, 0.2) is 30.3 Å². The van der Waals surface area contributed by atoms with Gasteiger partial charge in [-0.1, -0.05) is 48.7 Å². The summed E-state index contributed by atoms with van der Waals surface area (Å²) in [6, 6.07) is 8.35. The summed E-state index contributed by atoms with van der Waals surface area (Å²) in [4.78, 5) is 28.8. The van der Waals surface area contributed by atoms with Crippen LogP contribution in [0.3, 0.4) is 0 Å². The van der Waals surface area contributed by atoms with Gasteiger partial charge in [0.25, 0.3) is 5.91 Å². The van der Waals surface area contributed by atoms with Crippen LogP contribution in [0.1, 0.15) is 24.2 Å². The van der Waals surface area contributed by atoms with Crippen LogP contribution in [-0.2, 0) is 4.79 Å². The number of rotatable bonds is 5. The Morgan fingerprint density at radius 1 is 0.968 bits per heavy atom. The van der Waals surface area contributed by atoms with Crippen molar-refractivity contribution in [1.29, 1.82) is 0 Å². The van der Waals surface area contributed by atoms with Crippen molar-refractivity contribution in [3.8, 4) is 5.75 Å². The number of nitrogens with zero attached hydrogens (tertiary/aromatic N) is 2. The van der Waals surface area contributed by atoms with Crippen LogP contribution < -0.4 is 15.0 Å². The highest BCUT2D eigenvalue weighted by Crippen LogP contribution is 2.34. The van der Waals surface area contributed by atoms with Crippen LogP contribution in [0.25, 0.3) is 0 Å². The van der Waals surface area contributed by atoms with Gasteiger partial charge in [0.05, 0.1) is 27.9 Å². The lowest BCUT2D eigenvalue weighted by atomic mass is 10.1. The second-order valence-electron chi connectivity index (χ2n) is 7.56. The lowest BCUT2D eigenvalue weighted by Gasteiger charge is -2.37. The Labute approximate surface area is 197 Å². The molecule has 1 fully saturated rings. The predicted octanol–water partition coefficient (Wildman–Crippen LogP) is 5.21. The molecule has 1 aliphatic heterocycles. The maximum Gasteiger partial charge on any atom is 0.255 e. The average Bonchev–Trinajstić information content (AvgIpc) is 2.73. The van der Waals surface area contributed by atoms with E-state index in [0.717, 1.165) is 5.69 Å². The van der Waals surface area contributed by atoms with Crippen molar-refractivity contribution in [1.82, 2.24) is 4.90 Å². The van der Waals surface area contributed by atoms with Crippen LogP contribution in [0.5, 0.6) is 5.75 Å². The van der Waals surface area contributed by atoms with Gasteiger partial charge in [0.15, 0.2) is 5.75 Å². The topological polar surface area (TPSA) is 61.9 Å². The number of anilines is 2. The molecule has 6 nitrogen and oxygen atoms in total. The van der Waals surface area contributed by atoms with Gasteiger partial charge in [0.1, 0.15) is 0 Å². The lowest BCUT2D eigenvalue weighted by molar-refractivity contribution is -0.134. The van der Waals surface area contributed by atoms with E-state index in [1.807, 2.05) is 24.8 Å². The van der Waals surface area contributed by atoms with Gasteiger partial charge in [-0.3, -0.25) is 9.59 Å². The van der Waals surface area contributed by atoms with E-state index in [1.165, 1.54) is 19.2 Å². The Kier molecular flexibility index (Phi) is 7.57. The molecule has 0 radical (unpaired) electrons. The maximum atomic E-state index is 12.6. The largest absolute Gasteiger partial charge is 0.494 e. The molecule has 1 saturated heterocycles. The standard InChI is InChI=1S/C22H24Cl3N3O3/c1-13(2)22(30)28-8-6-27(7-9-28)19-5-4-15(12-16(19)23)26-21(29)14-10-17(24)20(31-3)18(25)11-14/h4-5,10-13H,6-9H2,1-3H3,(H,26,29). The maximum absolute atomic E-state index is 12.6. The zero-order valence-electron chi connectivity index (χ0n) is 17.5. The summed E-state index contributed by atoms with van der Waals surface area (Å²) in [6.45, 7) is 6.54. The summed E-state index contributed by atoms with van der Waals surface area (Å²) in [6.07, 6.45) is 0. The van der Waals surface area contributed by atoms with Crippen molar-refractivity contribution in [3.63, 3.8) is 0 Å². The second kappa shape index (κ2) is 9.98. The van der Waals surface area contributed by atoms with Crippen LogP contribution in [-0.4, -0.2) is 50.0 Å². The number of methoxy groups -OCH3 is 1. The van der Waals surface area contributed by atoms with Crippen LogP contribution >= 0.6 is 34.8 Å². The van der Waals surface area contributed by atoms with Crippen molar-refractivity contribution in [2.45, 2.75) is 13.8 Å². The minimum Gasteiger partial charge on any atom is -0.494 e. The Morgan fingerprint density at radius 3 is 2.10 bits per heavy atom. The van der Waals surface area contributed by atoms with Gasteiger partial charge in [0.2, 0.25) is 5.91 Å². The number of amides is 2. The Hall–Kier alpha value is -2.15. The third-order valence-corrected chi connectivity index (χ3v) is 5.96. The SMILES string of the molecule is COc1c(Cl)cc(C(=O)Nc2ccc(N3CCN(C(=O)C(C)C)CC3)c(Cl)c2)cc1Cl. The number of benzene rings is 2. The molecule has 0 bridgehead atoms. The molecule has 0 unspecified atom stereocenters. The van der Waals surface area contributed by atoms with Gasteiger partial charge < -0.3 is 19.9 Å². The third kappa shape index (κ3) is 5.37. The van der Waals surface area contributed by atoms with Crippen molar-refractivity contribution in [2.24, 2.45) is 5.92 Å². The van der Waals surface area contributed by atoms with Crippen LogP contribution in [0, 0.1) is 5.92 Å². The molecule has 0 aromatic heterocycles. The molecule has 0 spiro atoms. The van der Waals surface area contributed by atoms with E-state index in [-0.39, 0.29) is 27.8 Å². The first-order valence-electron chi connectivity index (χ1n) is 9.89. The second-order valence-corrected chi connectivity index (χ2v) is 8.78. The van der Waals surface area contributed by atoms with E-state index in [4.69, 9.17) is 39.5 Å². The molecular weight excluding hydrogens is 461 g/mol. The fraction of sp³-hybridized carbons (Fsp3) is 0.364. The van der Waals surface area contributed by atoms with Crippen molar-refractivity contribution >= 4 is 58.0 Å². The summed E-state index contributed by atoms with van der Waals surface area (Å²) >= 11 is 18.7. The van der Waals surface area contributed by atoms with Gasteiger partial charge in [0, 0.05) is 43.3 Å². The molecule has 0 aliphatic carbocycles. The third-order valence-electron chi connectivity index (χ3n) is 5.10. The fourth-order valence-electron chi connectivity index (χ4n) is 3.46. The Balaban J connectivity index is 1.68. The van der Waals surface area contributed by atoms with E-state index >= 15 is 0 Å². The van der Waals surface area contributed by atoms with Gasteiger partial charge in [-0.25, -0.2) is 0 Å². The minimum absolute atomic E-state index is 0.00602. The predicted molar refractivity (Wildman–Crippen MR) is 126 cm³/mol. The highest BCUT2D eigenvalue weighted by molar-refractivity contribution is 6.38. The summed E-state index contributed by atoms with van der Waals surface area (Å²) in [7, 11) is 1.46. The molecule has 1 N–H and O–H groups in total. The van der Waals surface area contributed by atoms with E-state index in [1.54, 1.807) is 12.1 Å². The number of piperazine rings is 1. The van der Waals surface area contributed by atoms with E-state index in [9.17, 15) is 9.59 Å². The molecule has 2 aromatic rings. The number of halogens is 3. The summed E-state index contributed by atoms with van der Waals surface area (Å²) in [5.41, 5.74) is 1.73. The van der Waals surface area contributed by atoms with Crippen molar-refractivity contribution in [2.75, 3.05) is 43.5 Å². The van der Waals surface area contributed by atoms with Gasteiger partial charge in [-0.15, -0.1) is 0 Å². The molecule has 0 atom stereocenters. The molecule has 2 aromatic carbocycles. The first-order valence-corrected chi connectivity index (χ1v) is 11.0. The molecule has 0 saturated carbocycles. The average molecular weight is 485 g/mol. The van der Waals surface area contributed by atoms with Gasteiger partial charge >= 0.3 is 0 Å². The summed E-state index contributed by atoms with van der Waals surface area (Å²) in [5.74, 6) is 0.120. The van der Waals surface area contributed by atoms with E-state index in [0.29, 0.717) is 48.2 Å². The van der Waals surface area contributed by atoms with Crippen molar-refractivity contribution in [3.05, 3.63) is 51.0 Å². The highest BCUT2D eigenvalue weighted by atomic mass is 35.5. The minimum atomic E-state index is -0.365. The number of carbonyl (C=O) groups is 2. The highest BCUT2D eigenvalue weighted by Gasteiger charge is 2.24. The van der Waals surface area contributed by atoms with Gasteiger partial charge in [-0.2, -0.15) is 0 Å². The normalized spacial score (nSPS) is 14.0. The number of nitrogens with one attached hydrogen (secondary N) is 1. The zero-order valence-corrected chi connectivity index (χ0v) is 19.8. The molecular formula is C22H24Cl3N3O3. The molecule has 31 heavy (non-hydrogen) atoms. The Bertz CT molecular complexity index is 966. The molecule has 166 valence electrons. The molecule has 2 amide bonds. The van der Waals surface area contributed by atoms with Crippen molar-refractivity contribution < 1.29 is 14.3 Å². The fourth-order valence-corrected chi connectivity index (χ4v) is 4.40. The Morgan fingerprint density at radius 2 is 1.58 bits per heavy atom. The molecule has 1 heterocycles. The lowest BCUT2D eigenvalue weighted by Crippen LogP contribution is -2.50. The van der Waals surface area contributed by atoms with E-state index < -0.39 is 0 Å². The molecule has 1 aliphatic rings. The first-order chi connectivity index (χ1) is 14.7. The van der Waals surface area contributed by atoms with Gasteiger partial charge in [-0.05, 0) is 30.3 Å².